The average Bonchev–Trinajstić information content (AvgIpc) is 2.42. The minimum Gasteiger partial charge on any atom is -1.00 e. The second kappa shape index (κ2) is 6.97. The predicted octanol–water partition coefficient (Wildman–Crippen LogP) is -0.00620. The molecule has 2 aromatic rings. The molecule has 96 valence electrons. The third-order valence-corrected chi connectivity index (χ3v) is 2.81. The van der Waals surface area contributed by atoms with E-state index in [-0.39, 0.29) is 12.4 Å². The molecular formula is C14H17ClN3-. The summed E-state index contributed by atoms with van der Waals surface area (Å²) in [6.07, 6.45) is 1.63. The SMILES string of the molecule is CCN(CC)c1cc(-c2ccccc2)ncn1.[Cl-]. The van der Waals surface area contributed by atoms with Crippen LogP contribution in [0.15, 0.2) is 42.7 Å². The molecule has 0 aliphatic heterocycles. The molecule has 0 atom stereocenters. The maximum Gasteiger partial charge on any atom is 0.132 e. The first-order chi connectivity index (χ1) is 8.35. The average molecular weight is 263 g/mol. The van der Waals surface area contributed by atoms with Gasteiger partial charge in [-0.15, -0.1) is 0 Å². The molecule has 0 aliphatic rings. The Morgan fingerprint density at radius 3 is 2.28 bits per heavy atom. The van der Waals surface area contributed by atoms with E-state index in [1.165, 1.54) is 0 Å². The first-order valence-electron chi connectivity index (χ1n) is 5.97. The first-order valence-corrected chi connectivity index (χ1v) is 5.97. The molecule has 3 nitrogen and oxygen atoms in total. The molecule has 0 saturated heterocycles. The van der Waals surface area contributed by atoms with Crippen molar-refractivity contribution in [3.63, 3.8) is 0 Å². The van der Waals surface area contributed by atoms with Gasteiger partial charge in [-0.2, -0.15) is 0 Å². The molecule has 1 aromatic carbocycles. The molecule has 0 radical (unpaired) electrons. The van der Waals surface area contributed by atoms with Crippen LogP contribution in [0.1, 0.15) is 13.8 Å². The molecule has 0 N–H and O–H groups in total. The summed E-state index contributed by atoms with van der Waals surface area (Å²) < 4.78 is 0. The Balaban J connectivity index is 0.00000162. The fraction of sp³-hybridized carbons (Fsp3) is 0.286. The van der Waals surface area contributed by atoms with Crippen molar-refractivity contribution in [3.8, 4) is 11.3 Å². The van der Waals surface area contributed by atoms with Gasteiger partial charge in [0.1, 0.15) is 12.1 Å². The molecular weight excluding hydrogens is 246 g/mol. The van der Waals surface area contributed by atoms with Gasteiger partial charge < -0.3 is 17.3 Å². The zero-order valence-corrected chi connectivity index (χ0v) is 11.4. The van der Waals surface area contributed by atoms with Crippen LogP contribution < -0.4 is 17.3 Å². The van der Waals surface area contributed by atoms with Crippen LogP contribution in [0.2, 0.25) is 0 Å². The maximum atomic E-state index is 4.32. The van der Waals surface area contributed by atoms with E-state index in [1.807, 2.05) is 24.3 Å². The molecule has 4 heteroatoms. The Labute approximate surface area is 114 Å². The summed E-state index contributed by atoms with van der Waals surface area (Å²) >= 11 is 0. The second-order valence-electron chi connectivity index (χ2n) is 3.80. The summed E-state index contributed by atoms with van der Waals surface area (Å²) in [6, 6.07) is 12.2. The number of rotatable bonds is 4. The normalized spacial score (nSPS) is 9.67. The van der Waals surface area contributed by atoms with Crippen LogP contribution in [0.5, 0.6) is 0 Å². The lowest BCUT2D eigenvalue weighted by Crippen LogP contribution is -3.00. The van der Waals surface area contributed by atoms with Crippen molar-refractivity contribution in [2.45, 2.75) is 13.8 Å². The van der Waals surface area contributed by atoms with Crippen LogP contribution in [0.3, 0.4) is 0 Å². The lowest BCUT2D eigenvalue weighted by molar-refractivity contribution is -0.00000366. The van der Waals surface area contributed by atoms with Crippen molar-refractivity contribution in [2.24, 2.45) is 0 Å². The minimum absolute atomic E-state index is 0. The Morgan fingerprint density at radius 2 is 1.67 bits per heavy atom. The van der Waals surface area contributed by atoms with Crippen molar-refractivity contribution in [1.82, 2.24) is 9.97 Å². The van der Waals surface area contributed by atoms with Gasteiger partial charge in [-0.05, 0) is 13.8 Å². The van der Waals surface area contributed by atoms with Crippen LogP contribution in [-0.4, -0.2) is 23.1 Å². The number of benzene rings is 1. The molecule has 1 heterocycles. The van der Waals surface area contributed by atoms with Gasteiger partial charge in [0.2, 0.25) is 0 Å². The van der Waals surface area contributed by atoms with Crippen LogP contribution in [-0.2, 0) is 0 Å². The summed E-state index contributed by atoms with van der Waals surface area (Å²) in [7, 11) is 0. The standard InChI is InChI=1S/C14H17N3.ClH/c1-3-17(4-2)14-10-13(15-11-16-14)12-8-6-5-7-9-12;/h5-11H,3-4H2,1-2H3;1H/p-1. The largest absolute Gasteiger partial charge is 1.00 e. The second-order valence-corrected chi connectivity index (χ2v) is 3.80. The number of hydrogen-bond acceptors (Lipinski definition) is 3. The smallest absolute Gasteiger partial charge is 0.132 e. The Kier molecular flexibility index (Phi) is 5.59. The molecule has 2 rings (SSSR count). The number of nitrogens with zero attached hydrogens (tertiary/aromatic N) is 3. The Hall–Kier alpha value is -1.61. The quantitative estimate of drug-likeness (QED) is 0.777. The van der Waals surface area contributed by atoms with Crippen molar-refractivity contribution in [2.75, 3.05) is 18.0 Å². The van der Waals surface area contributed by atoms with E-state index in [2.05, 4.69) is 40.8 Å². The number of anilines is 1. The lowest BCUT2D eigenvalue weighted by Gasteiger charge is -2.19. The van der Waals surface area contributed by atoms with Crippen LogP contribution in [0, 0.1) is 0 Å². The summed E-state index contributed by atoms with van der Waals surface area (Å²) in [5.41, 5.74) is 2.10. The van der Waals surface area contributed by atoms with Gasteiger partial charge in [-0.1, -0.05) is 30.3 Å². The molecule has 0 fully saturated rings. The van der Waals surface area contributed by atoms with Crippen LogP contribution >= 0.6 is 0 Å². The summed E-state index contributed by atoms with van der Waals surface area (Å²) in [5.74, 6) is 0.990. The van der Waals surface area contributed by atoms with E-state index in [4.69, 9.17) is 0 Å². The molecule has 0 aliphatic carbocycles. The first kappa shape index (κ1) is 14.5. The van der Waals surface area contributed by atoms with E-state index >= 15 is 0 Å². The topological polar surface area (TPSA) is 29.0 Å². The zero-order valence-electron chi connectivity index (χ0n) is 10.7. The third-order valence-electron chi connectivity index (χ3n) is 2.81. The van der Waals surface area contributed by atoms with Crippen molar-refractivity contribution < 1.29 is 12.4 Å². The van der Waals surface area contributed by atoms with Gasteiger partial charge in [0, 0.05) is 24.7 Å². The molecule has 0 bridgehead atoms. The molecule has 0 spiro atoms. The number of hydrogen-bond donors (Lipinski definition) is 0. The lowest BCUT2D eigenvalue weighted by atomic mass is 10.1. The van der Waals surface area contributed by atoms with E-state index < -0.39 is 0 Å². The Bertz CT molecular complexity index is 469. The fourth-order valence-electron chi connectivity index (χ4n) is 1.83. The summed E-state index contributed by atoms with van der Waals surface area (Å²) in [6.45, 7) is 6.19. The third kappa shape index (κ3) is 3.20. The van der Waals surface area contributed by atoms with Gasteiger partial charge in [0.25, 0.3) is 0 Å². The zero-order chi connectivity index (χ0) is 12.1. The fourth-order valence-corrected chi connectivity index (χ4v) is 1.83. The highest BCUT2D eigenvalue weighted by Gasteiger charge is 2.05. The Morgan fingerprint density at radius 1 is 1.00 bits per heavy atom. The van der Waals surface area contributed by atoms with E-state index in [0.717, 1.165) is 30.2 Å². The van der Waals surface area contributed by atoms with E-state index in [9.17, 15) is 0 Å². The molecule has 0 amide bonds. The van der Waals surface area contributed by atoms with Crippen LogP contribution in [0.25, 0.3) is 11.3 Å². The predicted molar refractivity (Wildman–Crippen MR) is 71.0 cm³/mol. The summed E-state index contributed by atoms with van der Waals surface area (Å²) in [4.78, 5) is 10.9. The number of aromatic nitrogens is 2. The molecule has 1 aromatic heterocycles. The monoisotopic (exact) mass is 262 g/mol. The molecule has 18 heavy (non-hydrogen) atoms. The van der Waals surface area contributed by atoms with Crippen LogP contribution in [0.4, 0.5) is 5.82 Å². The van der Waals surface area contributed by atoms with Crippen molar-refractivity contribution >= 4 is 5.82 Å². The maximum absolute atomic E-state index is 4.32. The van der Waals surface area contributed by atoms with Gasteiger partial charge >= 0.3 is 0 Å². The highest BCUT2D eigenvalue weighted by atomic mass is 35.5. The molecule has 0 unspecified atom stereocenters. The van der Waals surface area contributed by atoms with Crippen molar-refractivity contribution in [3.05, 3.63) is 42.7 Å². The van der Waals surface area contributed by atoms with Gasteiger partial charge in [-0.3, -0.25) is 0 Å². The van der Waals surface area contributed by atoms with E-state index in [0.29, 0.717) is 0 Å². The summed E-state index contributed by atoms with van der Waals surface area (Å²) in [5, 5.41) is 0. The highest BCUT2D eigenvalue weighted by Crippen LogP contribution is 2.19. The van der Waals surface area contributed by atoms with Gasteiger partial charge in [0.05, 0.1) is 5.69 Å². The van der Waals surface area contributed by atoms with Crippen molar-refractivity contribution in [1.29, 1.82) is 0 Å². The van der Waals surface area contributed by atoms with Gasteiger partial charge in [-0.25, -0.2) is 9.97 Å². The minimum atomic E-state index is 0. The van der Waals surface area contributed by atoms with Gasteiger partial charge in [0.15, 0.2) is 0 Å². The van der Waals surface area contributed by atoms with E-state index in [1.54, 1.807) is 6.33 Å². The molecule has 0 saturated carbocycles. The highest BCUT2D eigenvalue weighted by molar-refractivity contribution is 5.62. The number of halogens is 1.